The van der Waals surface area contributed by atoms with Gasteiger partial charge >= 0.3 is 11.9 Å². The number of carboxylic acids is 1. The predicted octanol–water partition coefficient (Wildman–Crippen LogP) is 8.25. The zero-order valence-electron chi connectivity index (χ0n) is 37.5. The first-order valence-electron chi connectivity index (χ1n) is 19.1. The quantitative estimate of drug-likeness (QED) is 0.0150. The molecule has 3 rings (SSSR count). The maximum Gasteiger partial charge on any atom is 0.345 e. The van der Waals surface area contributed by atoms with E-state index in [1.54, 1.807) is 29.2 Å². The molecule has 0 heterocycles. The molecule has 0 saturated heterocycles. The first-order valence-corrected chi connectivity index (χ1v) is 25.5. The highest BCUT2D eigenvalue weighted by Gasteiger charge is 2.23. The number of carbonyl (C=O) groups excluding carboxylic acids is 3. The minimum absolute atomic E-state index is 0.0371. The second kappa shape index (κ2) is 35.3. The van der Waals surface area contributed by atoms with Crippen LogP contribution >= 0.6 is 65.6 Å². The van der Waals surface area contributed by atoms with Crippen molar-refractivity contribution in [3.05, 3.63) is 117 Å². The Labute approximate surface area is 413 Å². The molecule has 24 heteroatoms. The van der Waals surface area contributed by atoms with Gasteiger partial charge in [-0.15, -0.1) is 24.8 Å². The lowest BCUT2D eigenvalue weighted by molar-refractivity contribution is -0.385. The topological polar surface area (TPSA) is 238 Å². The summed E-state index contributed by atoms with van der Waals surface area (Å²) in [6.45, 7) is 14.2. The fraction of sp³-hybridized carbons (Fsp3) is 0.381. The van der Waals surface area contributed by atoms with E-state index in [0.717, 1.165) is 36.4 Å². The summed E-state index contributed by atoms with van der Waals surface area (Å²) in [7, 11) is -2.57. The van der Waals surface area contributed by atoms with Crippen LogP contribution in [0.25, 0.3) is 0 Å². The number of hydrogen-bond acceptors (Lipinski definition) is 12. The monoisotopic (exact) mass is 1060 g/mol. The van der Waals surface area contributed by atoms with Crippen LogP contribution in [0.2, 0.25) is 10.0 Å². The lowest BCUT2D eigenvalue weighted by Gasteiger charge is -2.25. The highest BCUT2D eigenvalue weighted by molar-refractivity contribution is 7.94. The standard InChI is InChI=1S/C14H9Cl2NO5.C14H20ClNO2.C8H11Cl2NO.C3H8NO5P.C3H9S/c1-21-14(18)10-7-9(3-4-12(10)17(19)20)22-13-5-2-8(15)6-11(13)16;1-4-12-8-6-7-11(3)14(12)16(10-18-5-2)13(17)9-15;1-3-5-11(6-4-2)8(12)7(9)10;5-3(6)1-4-2-10(7,8)9;1-4(2)3/h2-7H,1H3;6-8H,4-5,9-10H2,1-3H3;3-4,7H,1-2,5-6H2;4H,1-2H2,(H,5,6)(H2,7,8,9);1-3H3/q;;;;+1/p-1. The molecule has 3 aromatic carbocycles. The normalized spacial score (nSPS) is 11.0. The molecule has 0 aliphatic carbocycles. The van der Waals surface area contributed by atoms with Crippen molar-refractivity contribution < 1.29 is 57.8 Å². The molecule has 0 fully saturated rings. The van der Waals surface area contributed by atoms with Gasteiger partial charge in [0.1, 0.15) is 37.3 Å². The van der Waals surface area contributed by atoms with Gasteiger partial charge in [-0.3, -0.25) is 34.7 Å². The van der Waals surface area contributed by atoms with Crippen molar-refractivity contribution in [1.82, 2.24) is 10.2 Å². The van der Waals surface area contributed by atoms with E-state index in [1.807, 2.05) is 37.4 Å². The van der Waals surface area contributed by atoms with Crippen LogP contribution in [0.4, 0.5) is 11.4 Å². The van der Waals surface area contributed by atoms with Gasteiger partial charge in [-0.2, -0.15) is 0 Å². The number of carbonyl (C=O) groups is 4. The van der Waals surface area contributed by atoms with E-state index in [9.17, 15) is 38.8 Å². The number of anilines is 1. The number of halogens is 5. The fourth-order valence-corrected chi connectivity index (χ4v) is 5.87. The Morgan fingerprint density at radius 1 is 1.02 bits per heavy atom. The zero-order valence-corrected chi connectivity index (χ0v) is 43.0. The average molecular weight is 1070 g/mol. The number of nitrogens with one attached hydrogen (secondary N) is 1. The van der Waals surface area contributed by atoms with Gasteiger partial charge in [-0.1, -0.05) is 83.7 Å². The van der Waals surface area contributed by atoms with Crippen LogP contribution in [-0.2, 0) is 45.7 Å². The number of benzene rings is 3. The number of methoxy groups -OCH3 is 1. The molecular weight excluding hydrogens is 1010 g/mol. The molecule has 0 radical (unpaired) electrons. The summed E-state index contributed by atoms with van der Waals surface area (Å²) in [5.74, 6) is -1.99. The van der Waals surface area contributed by atoms with E-state index >= 15 is 0 Å². The maximum absolute atomic E-state index is 12.0. The van der Waals surface area contributed by atoms with Gasteiger partial charge in [-0.05, 0) is 66.6 Å². The Morgan fingerprint density at radius 3 is 2.05 bits per heavy atom. The Balaban J connectivity index is 0. The average Bonchev–Trinajstić information content (AvgIpc) is 3.24. The fourth-order valence-electron chi connectivity index (χ4n) is 4.61. The molecule has 2 amide bonds. The second-order valence-corrected chi connectivity index (χ2v) is 19.3. The largest absolute Gasteiger partial charge is 0.778 e. The van der Waals surface area contributed by atoms with Gasteiger partial charge in [0.25, 0.3) is 11.6 Å². The van der Waals surface area contributed by atoms with E-state index in [2.05, 4.69) is 43.6 Å². The van der Waals surface area contributed by atoms with Crippen LogP contribution in [0.1, 0.15) is 35.3 Å². The lowest BCUT2D eigenvalue weighted by Crippen LogP contribution is -2.35. The number of alkyl halides is 3. The third-order valence-electron chi connectivity index (χ3n) is 7.29. The molecule has 0 aliphatic rings. The number of nitrogens with zero attached hydrogens (tertiary/aromatic N) is 3. The molecule has 3 aromatic rings. The third-order valence-corrected chi connectivity index (χ3v) is 9.04. The Hall–Kier alpha value is -3.91. The number of nitro groups is 1. The Morgan fingerprint density at radius 2 is 1.61 bits per heavy atom. The molecule has 17 nitrogen and oxygen atoms in total. The molecule has 0 aliphatic heterocycles. The number of esters is 1. The van der Waals surface area contributed by atoms with E-state index in [1.165, 1.54) is 23.1 Å². The first kappa shape index (κ1) is 64.2. The summed E-state index contributed by atoms with van der Waals surface area (Å²) in [5.41, 5.74) is 2.54. The number of rotatable bonds is 19. The molecule has 0 saturated carbocycles. The highest BCUT2D eigenvalue weighted by Crippen LogP contribution is 2.34. The molecule has 66 heavy (non-hydrogen) atoms. The molecule has 0 spiro atoms. The number of aliphatic carboxylic acids is 1. The van der Waals surface area contributed by atoms with Crippen LogP contribution in [0.15, 0.2) is 79.9 Å². The molecular formula is C42H56Cl5N4O13PS. The van der Waals surface area contributed by atoms with Crippen molar-refractivity contribution in [2.45, 2.75) is 32.0 Å². The molecule has 1 unspecified atom stereocenters. The summed E-state index contributed by atoms with van der Waals surface area (Å²) in [6.07, 6.45) is 9.96. The van der Waals surface area contributed by atoms with Crippen LogP contribution in [0.5, 0.6) is 11.5 Å². The van der Waals surface area contributed by atoms with Gasteiger partial charge in [0.05, 0.1) is 54.3 Å². The van der Waals surface area contributed by atoms with Crippen molar-refractivity contribution in [3.8, 4) is 11.5 Å². The van der Waals surface area contributed by atoms with E-state index in [-0.39, 0.29) is 46.4 Å². The molecule has 0 bridgehead atoms. The molecule has 3 N–H and O–H groups in total. The van der Waals surface area contributed by atoms with Crippen LogP contribution in [-0.4, -0.2) is 119 Å². The highest BCUT2D eigenvalue weighted by atomic mass is 35.5. The van der Waals surface area contributed by atoms with Crippen LogP contribution in [0.3, 0.4) is 0 Å². The van der Waals surface area contributed by atoms with E-state index in [4.69, 9.17) is 77.5 Å². The van der Waals surface area contributed by atoms with Gasteiger partial charge in [-0.25, -0.2) is 4.79 Å². The molecule has 368 valence electrons. The maximum atomic E-state index is 12.0. The summed E-state index contributed by atoms with van der Waals surface area (Å²) in [4.78, 5) is 74.9. The van der Waals surface area contributed by atoms with E-state index in [0.29, 0.717) is 41.4 Å². The van der Waals surface area contributed by atoms with Crippen molar-refractivity contribution >= 4 is 112 Å². The molecule has 0 aromatic heterocycles. The minimum Gasteiger partial charge on any atom is -0.778 e. The first-order chi connectivity index (χ1) is 30.8. The number of nitro benzene ring substituents is 1. The van der Waals surface area contributed by atoms with Gasteiger partial charge in [0.2, 0.25) is 5.91 Å². The van der Waals surface area contributed by atoms with Crippen LogP contribution in [0, 0.1) is 17.0 Å². The number of carboxylic acid groups (broad SMARTS) is 1. The van der Waals surface area contributed by atoms with Crippen LogP contribution < -0.4 is 19.8 Å². The Kier molecular flexibility index (Phi) is 34.3. The smallest absolute Gasteiger partial charge is 0.345 e. The van der Waals surface area contributed by atoms with Gasteiger partial charge in [0.15, 0.2) is 4.84 Å². The van der Waals surface area contributed by atoms with Gasteiger partial charge in [0, 0.05) is 36.9 Å². The number of hydrogen-bond donors (Lipinski definition) is 3. The number of aryl methyl sites for hydroxylation is 2. The van der Waals surface area contributed by atoms with Gasteiger partial charge < -0.3 is 38.6 Å². The predicted molar refractivity (Wildman–Crippen MR) is 264 cm³/mol. The Bertz CT molecular complexity index is 2070. The van der Waals surface area contributed by atoms with Crippen molar-refractivity contribution in [1.29, 1.82) is 0 Å². The lowest BCUT2D eigenvalue weighted by atomic mass is 10.0. The summed E-state index contributed by atoms with van der Waals surface area (Å²) in [6, 6.07) is 14.4. The van der Waals surface area contributed by atoms with Crippen molar-refractivity contribution in [2.75, 3.05) is 75.9 Å². The number of ether oxygens (including phenoxy) is 3. The number of amides is 2. The summed E-state index contributed by atoms with van der Waals surface area (Å²) < 4.78 is 25.4. The van der Waals surface area contributed by atoms with Crippen molar-refractivity contribution in [3.63, 3.8) is 0 Å². The molecule has 1 atom stereocenters. The third kappa shape index (κ3) is 27.7. The summed E-state index contributed by atoms with van der Waals surface area (Å²) in [5, 5.41) is 21.6. The second-order valence-electron chi connectivity index (χ2n) is 13.1. The number of para-hydroxylation sites is 1. The SMILES string of the molecule is C=CCN(CC=C)C(=O)C(Cl)Cl.CCOCN(C(=O)CCl)c1c(C)cccc1CC.COC(=O)c1cc(Oc2ccc(Cl)cc2Cl)ccc1[N+](=O)[O-].C[S+](C)C.O=C(O)CNCP(=O)([O-])O. The summed E-state index contributed by atoms with van der Waals surface area (Å²) >= 11 is 28.2. The van der Waals surface area contributed by atoms with E-state index < -0.39 is 42.1 Å². The van der Waals surface area contributed by atoms with Crippen molar-refractivity contribution in [2.24, 2.45) is 0 Å². The zero-order chi connectivity index (χ0) is 51.2. The minimum atomic E-state index is -4.35.